The maximum Gasteiger partial charge on any atom is 0.123 e. The molecule has 0 N–H and O–H groups in total. The van der Waals surface area contributed by atoms with Crippen LogP contribution in [0.4, 0.5) is 0 Å². The molecule has 1 atom stereocenters. The smallest absolute Gasteiger partial charge is 0.123 e. The summed E-state index contributed by atoms with van der Waals surface area (Å²) in [4.78, 5) is -0.0967. The molecule has 5 heteroatoms. The van der Waals surface area contributed by atoms with E-state index in [1.165, 1.54) is 0 Å². The third-order valence-corrected chi connectivity index (χ3v) is 5.71. The SMILES string of the molecule is COc1cc(C)c(Br)cc1C(Br)c1cccc(Cl)c1Cl. The van der Waals surface area contributed by atoms with E-state index in [0.29, 0.717) is 10.0 Å². The summed E-state index contributed by atoms with van der Waals surface area (Å²) in [6.07, 6.45) is 0. The molecule has 0 aliphatic heterocycles. The molecule has 0 aliphatic carbocycles. The zero-order valence-corrected chi connectivity index (χ0v) is 15.6. The minimum absolute atomic E-state index is 0.0967. The van der Waals surface area contributed by atoms with E-state index in [1.54, 1.807) is 13.2 Å². The lowest BCUT2D eigenvalue weighted by atomic mass is 10.0. The minimum Gasteiger partial charge on any atom is -0.496 e. The van der Waals surface area contributed by atoms with Crippen molar-refractivity contribution in [1.29, 1.82) is 0 Å². The monoisotopic (exact) mass is 436 g/mol. The number of ether oxygens (including phenoxy) is 1. The van der Waals surface area contributed by atoms with E-state index in [4.69, 9.17) is 27.9 Å². The maximum atomic E-state index is 6.29. The van der Waals surface area contributed by atoms with Crippen LogP contribution in [-0.2, 0) is 0 Å². The first kappa shape index (κ1) is 16.2. The summed E-state index contributed by atoms with van der Waals surface area (Å²) in [5.74, 6) is 0.809. The molecular formula is C15H12Br2Cl2O. The summed E-state index contributed by atoms with van der Waals surface area (Å²) in [6.45, 7) is 2.02. The van der Waals surface area contributed by atoms with Crippen molar-refractivity contribution in [2.24, 2.45) is 0 Å². The van der Waals surface area contributed by atoms with E-state index in [9.17, 15) is 0 Å². The fraction of sp³-hybridized carbons (Fsp3) is 0.200. The number of hydrogen-bond acceptors (Lipinski definition) is 1. The molecule has 20 heavy (non-hydrogen) atoms. The van der Waals surface area contributed by atoms with E-state index in [-0.39, 0.29) is 4.83 Å². The zero-order valence-electron chi connectivity index (χ0n) is 10.9. The number of rotatable bonds is 3. The highest BCUT2D eigenvalue weighted by Gasteiger charge is 2.20. The van der Waals surface area contributed by atoms with Crippen LogP contribution in [0.5, 0.6) is 5.75 Å². The Hall–Kier alpha value is -0.220. The minimum atomic E-state index is -0.0967. The number of halogens is 4. The van der Waals surface area contributed by atoms with Crippen molar-refractivity contribution in [3.8, 4) is 5.75 Å². The molecule has 2 aromatic rings. The van der Waals surface area contributed by atoms with E-state index in [1.807, 2.05) is 31.2 Å². The van der Waals surface area contributed by atoms with Gasteiger partial charge in [-0.15, -0.1) is 0 Å². The first-order valence-corrected chi connectivity index (χ1v) is 8.34. The average Bonchev–Trinajstić information content (AvgIpc) is 2.43. The molecule has 0 amide bonds. The highest BCUT2D eigenvalue weighted by atomic mass is 79.9. The molecule has 1 unspecified atom stereocenters. The Balaban J connectivity index is 2.55. The molecule has 0 saturated carbocycles. The van der Waals surface area contributed by atoms with Gasteiger partial charge in [0.1, 0.15) is 5.75 Å². The second-order valence-corrected chi connectivity index (χ2v) is 6.90. The average molecular weight is 439 g/mol. The van der Waals surface area contributed by atoms with Crippen molar-refractivity contribution in [1.82, 2.24) is 0 Å². The largest absolute Gasteiger partial charge is 0.496 e. The van der Waals surface area contributed by atoms with Crippen LogP contribution in [0.2, 0.25) is 10.0 Å². The lowest BCUT2D eigenvalue weighted by Crippen LogP contribution is -1.99. The summed E-state index contributed by atoms with van der Waals surface area (Å²) in [5, 5.41) is 1.09. The van der Waals surface area contributed by atoms with Crippen LogP contribution in [-0.4, -0.2) is 7.11 Å². The molecule has 2 rings (SSSR count). The predicted octanol–water partition coefficient (Wildman–Crippen LogP) is 6.56. The van der Waals surface area contributed by atoms with Gasteiger partial charge in [0.25, 0.3) is 0 Å². The van der Waals surface area contributed by atoms with Gasteiger partial charge >= 0.3 is 0 Å². The van der Waals surface area contributed by atoms with Crippen molar-refractivity contribution < 1.29 is 4.74 Å². The molecular weight excluding hydrogens is 427 g/mol. The van der Waals surface area contributed by atoms with E-state index < -0.39 is 0 Å². The van der Waals surface area contributed by atoms with Gasteiger partial charge in [0.2, 0.25) is 0 Å². The summed E-state index contributed by atoms with van der Waals surface area (Å²) in [5.41, 5.74) is 3.02. The third kappa shape index (κ3) is 3.16. The van der Waals surface area contributed by atoms with Gasteiger partial charge in [0.15, 0.2) is 0 Å². The summed E-state index contributed by atoms with van der Waals surface area (Å²) >= 11 is 19.6. The van der Waals surface area contributed by atoms with Crippen LogP contribution in [0.25, 0.3) is 0 Å². The Morgan fingerprint density at radius 3 is 2.50 bits per heavy atom. The van der Waals surface area contributed by atoms with Gasteiger partial charge in [-0.1, -0.05) is 67.2 Å². The molecule has 0 aliphatic rings. The van der Waals surface area contributed by atoms with Crippen LogP contribution in [0.1, 0.15) is 21.5 Å². The maximum absolute atomic E-state index is 6.29. The third-order valence-electron chi connectivity index (χ3n) is 3.04. The molecule has 1 nitrogen and oxygen atoms in total. The van der Waals surface area contributed by atoms with E-state index >= 15 is 0 Å². The van der Waals surface area contributed by atoms with Gasteiger partial charge < -0.3 is 4.74 Å². The second-order valence-electron chi connectivity index (χ2n) is 4.35. The fourth-order valence-electron chi connectivity index (χ4n) is 1.93. The highest BCUT2D eigenvalue weighted by molar-refractivity contribution is 9.10. The van der Waals surface area contributed by atoms with Gasteiger partial charge in [0.05, 0.1) is 22.0 Å². The Morgan fingerprint density at radius 2 is 1.85 bits per heavy atom. The summed E-state index contributed by atoms with van der Waals surface area (Å²) in [6, 6.07) is 9.63. The lowest BCUT2D eigenvalue weighted by Gasteiger charge is -2.18. The predicted molar refractivity (Wildman–Crippen MR) is 92.7 cm³/mol. The number of alkyl halides is 1. The van der Waals surface area contributed by atoms with Crippen molar-refractivity contribution in [3.05, 3.63) is 61.5 Å². The topological polar surface area (TPSA) is 9.23 Å². The molecule has 2 aromatic carbocycles. The Morgan fingerprint density at radius 1 is 1.15 bits per heavy atom. The van der Waals surface area contributed by atoms with Crippen LogP contribution < -0.4 is 4.74 Å². The number of methoxy groups -OCH3 is 1. The molecule has 0 heterocycles. The summed E-state index contributed by atoms with van der Waals surface area (Å²) in [7, 11) is 1.66. The van der Waals surface area contributed by atoms with Crippen molar-refractivity contribution >= 4 is 55.1 Å². The molecule has 106 valence electrons. The van der Waals surface area contributed by atoms with Gasteiger partial charge in [-0.05, 0) is 36.2 Å². The van der Waals surface area contributed by atoms with Crippen molar-refractivity contribution in [2.75, 3.05) is 7.11 Å². The van der Waals surface area contributed by atoms with Gasteiger partial charge in [-0.2, -0.15) is 0 Å². The first-order chi connectivity index (χ1) is 9.45. The fourth-order valence-corrected chi connectivity index (χ4v) is 3.58. The van der Waals surface area contributed by atoms with Crippen molar-refractivity contribution in [3.63, 3.8) is 0 Å². The zero-order chi connectivity index (χ0) is 14.9. The Kier molecular flexibility index (Phi) is 5.41. The highest BCUT2D eigenvalue weighted by Crippen LogP contribution is 2.43. The Labute approximate surface area is 145 Å². The second kappa shape index (κ2) is 6.69. The summed E-state index contributed by atoms with van der Waals surface area (Å²) < 4.78 is 6.49. The number of hydrogen-bond donors (Lipinski definition) is 0. The van der Waals surface area contributed by atoms with Crippen LogP contribution >= 0.6 is 55.1 Å². The van der Waals surface area contributed by atoms with Crippen LogP contribution in [0.15, 0.2) is 34.8 Å². The molecule has 0 fully saturated rings. The van der Waals surface area contributed by atoms with E-state index in [2.05, 4.69) is 31.9 Å². The van der Waals surface area contributed by atoms with E-state index in [0.717, 1.165) is 26.9 Å². The molecule has 0 aromatic heterocycles. The lowest BCUT2D eigenvalue weighted by molar-refractivity contribution is 0.410. The van der Waals surface area contributed by atoms with Crippen LogP contribution in [0.3, 0.4) is 0 Å². The standard InChI is InChI=1S/C15H12Br2Cl2O/c1-8-6-13(20-2)10(7-11(8)16)14(17)9-4-3-5-12(18)15(9)19/h3-7,14H,1-2H3. The molecule has 0 bridgehead atoms. The quantitative estimate of drug-likeness (QED) is 0.493. The first-order valence-electron chi connectivity index (χ1n) is 5.87. The normalized spacial score (nSPS) is 12.3. The van der Waals surface area contributed by atoms with Crippen molar-refractivity contribution in [2.45, 2.75) is 11.8 Å². The molecule has 0 spiro atoms. The Bertz CT molecular complexity index is 644. The van der Waals surface area contributed by atoms with Gasteiger partial charge in [-0.25, -0.2) is 0 Å². The van der Waals surface area contributed by atoms with Gasteiger partial charge in [0, 0.05) is 10.0 Å². The molecule has 0 radical (unpaired) electrons. The molecule has 0 saturated heterocycles. The number of benzene rings is 2. The number of aryl methyl sites for hydroxylation is 1. The van der Waals surface area contributed by atoms with Gasteiger partial charge in [-0.3, -0.25) is 0 Å². The van der Waals surface area contributed by atoms with Crippen LogP contribution in [0, 0.1) is 6.92 Å².